The van der Waals surface area contributed by atoms with Crippen LogP contribution in [0.15, 0.2) is 18.2 Å². The van der Waals surface area contributed by atoms with Crippen molar-refractivity contribution >= 4 is 5.97 Å². The molecule has 3 nitrogen and oxygen atoms in total. The number of aliphatic carboxylic acids is 1. The van der Waals surface area contributed by atoms with E-state index in [0.717, 1.165) is 16.9 Å². The molecule has 1 atom stereocenters. The first kappa shape index (κ1) is 14.6. The number of benzene rings is 1. The van der Waals surface area contributed by atoms with Crippen molar-refractivity contribution in [3.05, 3.63) is 29.3 Å². The third-order valence-corrected chi connectivity index (χ3v) is 2.89. The first-order chi connectivity index (χ1) is 8.43. The van der Waals surface area contributed by atoms with Gasteiger partial charge in [0.1, 0.15) is 5.75 Å². The quantitative estimate of drug-likeness (QED) is 0.841. The van der Waals surface area contributed by atoms with Crippen LogP contribution in [0.3, 0.4) is 0 Å². The Balaban J connectivity index is 2.97. The average Bonchev–Trinajstić information content (AvgIpc) is 2.28. The minimum absolute atomic E-state index is 0.0939. The van der Waals surface area contributed by atoms with Gasteiger partial charge in [-0.25, -0.2) is 0 Å². The third-order valence-electron chi connectivity index (χ3n) is 2.89. The van der Waals surface area contributed by atoms with Crippen molar-refractivity contribution in [1.29, 1.82) is 0 Å². The molecule has 1 N–H and O–H groups in total. The largest absolute Gasteiger partial charge is 0.491 e. The number of hydrogen-bond donors (Lipinski definition) is 1. The van der Waals surface area contributed by atoms with Crippen LogP contribution >= 0.6 is 0 Å². The van der Waals surface area contributed by atoms with E-state index in [1.807, 2.05) is 45.9 Å². The lowest BCUT2D eigenvalue weighted by Gasteiger charge is -2.17. The summed E-state index contributed by atoms with van der Waals surface area (Å²) in [6, 6.07) is 5.94. The van der Waals surface area contributed by atoms with Gasteiger partial charge in [0.25, 0.3) is 0 Å². The fourth-order valence-corrected chi connectivity index (χ4v) is 1.91. The summed E-state index contributed by atoms with van der Waals surface area (Å²) in [4.78, 5) is 11.1. The second-order valence-corrected chi connectivity index (χ2v) is 4.93. The predicted octanol–water partition coefficient (Wildman–Crippen LogP) is 3.44. The average molecular weight is 250 g/mol. The zero-order chi connectivity index (χ0) is 13.7. The maximum Gasteiger partial charge on any atom is 0.306 e. The minimum atomic E-state index is -0.741. The van der Waals surface area contributed by atoms with Gasteiger partial charge in [-0.05, 0) is 45.2 Å². The van der Waals surface area contributed by atoms with E-state index >= 15 is 0 Å². The van der Waals surface area contributed by atoms with Crippen molar-refractivity contribution < 1.29 is 14.6 Å². The van der Waals surface area contributed by atoms with Gasteiger partial charge < -0.3 is 9.84 Å². The third kappa shape index (κ3) is 4.06. The van der Waals surface area contributed by atoms with Gasteiger partial charge >= 0.3 is 5.97 Å². The van der Waals surface area contributed by atoms with Crippen molar-refractivity contribution in [2.24, 2.45) is 5.92 Å². The molecule has 0 amide bonds. The SMILES string of the molecule is CCC(Cc1cc(C)ccc1OC(C)C)C(=O)O. The van der Waals surface area contributed by atoms with E-state index < -0.39 is 5.97 Å². The van der Waals surface area contributed by atoms with Crippen LogP contribution in [-0.2, 0) is 11.2 Å². The van der Waals surface area contributed by atoms with Gasteiger partial charge in [0.05, 0.1) is 12.0 Å². The van der Waals surface area contributed by atoms with Crippen molar-refractivity contribution in [2.75, 3.05) is 0 Å². The van der Waals surface area contributed by atoms with Gasteiger partial charge in [0.2, 0.25) is 0 Å². The molecule has 0 saturated heterocycles. The minimum Gasteiger partial charge on any atom is -0.491 e. The fourth-order valence-electron chi connectivity index (χ4n) is 1.91. The summed E-state index contributed by atoms with van der Waals surface area (Å²) in [5.74, 6) is -0.286. The molecule has 1 aromatic carbocycles. The predicted molar refractivity (Wildman–Crippen MR) is 72.1 cm³/mol. The van der Waals surface area contributed by atoms with Gasteiger partial charge in [0, 0.05) is 0 Å². The van der Waals surface area contributed by atoms with Gasteiger partial charge in [-0.3, -0.25) is 4.79 Å². The molecule has 100 valence electrons. The van der Waals surface area contributed by atoms with E-state index in [1.165, 1.54) is 0 Å². The molecular weight excluding hydrogens is 228 g/mol. The number of carboxylic acids is 1. The number of carboxylic acid groups (broad SMARTS) is 1. The molecule has 1 rings (SSSR count). The van der Waals surface area contributed by atoms with E-state index in [2.05, 4.69) is 0 Å². The molecule has 0 heterocycles. The lowest BCUT2D eigenvalue weighted by Crippen LogP contribution is -2.16. The number of ether oxygens (including phenoxy) is 1. The molecule has 18 heavy (non-hydrogen) atoms. The lowest BCUT2D eigenvalue weighted by atomic mass is 9.95. The smallest absolute Gasteiger partial charge is 0.306 e. The summed E-state index contributed by atoms with van der Waals surface area (Å²) in [5, 5.41) is 9.14. The van der Waals surface area contributed by atoms with Gasteiger partial charge in [-0.15, -0.1) is 0 Å². The lowest BCUT2D eigenvalue weighted by molar-refractivity contribution is -0.141. The molecule has 0 aliphatic rings. The molecule has 3 heteroatoms. The van der Waals surface area contributed by atoms with Crippen LogP contribution in [0.25, 0.3) is 0 Å². The summed E-state index contributed by atoms with van der Waals surface area (Å²) in [7, 11) is 0. The molecule has 0 radical (unpaired) electrons. The summed E-state index contributed by atoms with van der Waals surface area (Å²) in [6.07, 6.45) is 1.25. The van der Waals surface area contributed by atoms with E-state index in [0.29, 0.717) is 12.8 Å². The summed E-state index contributed by atoms with van der Waals surface area (Å²) < 4.78 is 5.73. The number of carbonyl (C=O) groups is 1. The van der Waals surface area contributed by atoms with E-state index in [-0.39, 0.29) is 12.0 Å². The molecule has 0 aliphatic carbocycles. The van der Waals surface area contributed by atoms with Crippen LogP contribution in [0.5, 0.6) is 5.75 Å². The van der Waals surface area contributed by atoms with Crippen LogP contribution in [0, 0.1) is 12.8 Å². The molecular formula is C15H22O3. The highest BCUT2D eigenvalue weighted by Crippen LogP contribution is 2.25. The normalized spacial score (nSPS) is 12.5. The molecule has 0 saturated carbocycles. The second kappa shape index (κ2) is 6.43. The molecule has 1 aromatic rings. The summed E-state index contributed by atoms with van der Waals surface area (Å²) in [5.41, 5.74) is 2.11. The summed E-state index contributed by atoms with van der Waals surface area (Å²) in [6.45, 7) is 7.85. The highest BCUT2D eigenvalue weighted by molar-refractivity contribution is 5.70. The first-order valence-corrected chi connectivity index (χ1v) is 6.43. The van der Waals surface area contributed by atoms with Gasteiger partial charge in [-0.2, -0.15) is 0 Å². The maximum atomic E-state index is 11.1. The van der Waals surface area contributed by atoms with E-state index in [9.17, 15) is 4.79 Å². The molecule has 0 fully saturated rings. The number of aryl methyl sites for hydroxylation is 1. The van der Waals surface area contributed by atoms with Crippen molar-refractivity contribution in [1.82, 2.24) is 0 Å². The molecule has 1 unspecified atom stereocenters. The zero-order valence-electron chi connectivity index (χ0n) is 11.6. The standard InChI is InChI=1S/C15H22O3/c1-5-12(15(16)17)9-13-8-11(4)6-7-14(13)18-10(2)3/h6-8,10,12H,5,9H2,1-4H3,(H,16,17). The molecule has 0 aliphatic heterocycles. The van der Waals surface area contributed by atoms with Crippen molar-refractivity contribution in [3.63, 3.8) is 0 Å². The van der Waals surface area contributed by atoms with Crippen molar-refractivity contribution in [3.8, 4) is 5.75 Å². The maximum absolute atomic E-state index is 11.1. The van der Waals surface area contributed by atoms with Crippen LogP contribution in [-0.4, -0.2) is 17.2 Å². The first-order valence-electron chi connectivity index (χ1n) is 6.43. The van der Waals surface area contributed by atoms with Crippen molar-refractivity contribution in [2.45, 2.75) is 46.6 Å². The Morgan fingerprint density at radius 3 is 2.56 bits per heavy atom. The zero-order valence-corrected chi connectivity index (χ0v) is 11.6. The van der Waals surface area contributed by atoms with Crippen LogP contribution in [0.2, 0.25) is 0 Å². The molecule has 0 spiro atoms. The molecule has 0 bridgehead atoms. The Morgan fingerprint density at radius 2 is 2.06 bits per heavy atom. The Hall–Kier alpha value is -1.51. The second-order valence-electron chi connectivity index (χ2n) is 4.93. The number of hydrogen-bond acceptors (Lipinski definition) is 2. The Bertz CT molecular complexity index is 410. The van der Waals surface area contributed by atoms with Gasteiger partial charge in [0.15, 0.2) is 0 Å². The fraction of sp³-hybridized carbons (Fsp3) is 0.533. The topological polar surface area (TPSA) is 46.5 Å². The highest BCUT2D eigenvalue weighted by atomic mass is 16.5. The van der Waals surface area contributed by atoms with E-state index in [4.69, 9.17) is 9.84 Å². The van der Waals surface area contributed by atoms with Crippen LogP contribution < -0.4 is 4.74 Å². The van der Waals surface area contributed by atoms with Crippen LogP contribution in [0.4, 0.5) is 0 Å². The Morgan fingerprint density at radius 1 is 1.39 bits per heavy atom. The Labute approximate surface area is 109 Å². The Kier molecular flexibility index (Phi) is 5.20. The van der Waals surface area contributed by atoms with Crippen LogP contribution in [0.1, 0.15) is 38.3 Å². The summed E-state index contributed by atoms with van der Waals surface area (Å²) >= 11 is 0. The van der Waals surface area contributed by atoms with E-state index in [1.54, 1.807) is 0 Å². The van der Waals surface area contributed by atoms with Gasteiger partial charge in [-0.1, -0.05) is 24.6 Å². The number of rotatable bonds is 6. The monoisotopic (exact) mass is 250 g/mol. The highest BCUT2D eigenvalue weighted by Gasteiger charge is 2.18. The molecule has 0 aromatic heterocycles.